The summed E-state index contributed by atoms with van der Waals surface area (Å²) < 4.78 is 0. The molecule has 11 heteroatoms. The first-order valence-corrected chi connectivity index (χ1v) is 11.1. The van der Waals surface area contributed by atoms with Gasteiger partial charge in [0.2, 0.25) is 17.7 Å². The van der Waals surface area contributed by atoms with Crippen molar-refractivity contribution in [2.45, 2.75) is 57.8 Å². The number of aromatic amines is 1. The Morgan fingerprint density at radius 2 is 1.53 bits per heavy atom. The van der Waals surface area contributed by atoms with Crippen molar-refractivity contribution in [3.05, 3.63) is 36.0 Å². The molecule has 4 unspecified atom stereocenters. The number of rotatable bonds is 12. The molecule has 8 N–H and O–H groups in total. The van der Waals surface area contributed by atoms with Gasteiger partial charge in [0.1, 0.15) is 18.1 Å². The molecule has 0 radical (unpaired) electrons. The van der Waals surface area contributed by atoms with E-state index in [1.165, 1.54) is 6.92 Å². The smallest absolute Gasteiger partial charge is 0.326 e. The highest BCUT2D eigenvalue weighted by atomic mass is 16.4. The van der Waals surface area contributed by atoms with Gasteiger partial charge in [0.15, 0.2) is 0 Å². The van der Waals surface area contributed by atoms with E-state index in [1.807, 2.05) is 38.1 Å². The summed E-state index contributed by atoms with van der Waals surface area (Å²) in [6.45, 7) is 4.41. The fraction of sp³-hybridized carbons (Fsp3) is 0.478. The molecule has 2 rings (SSSR count). The molecule has 0 saturated carbocycles. The monoisotopic (exact) mass is 475 g/mol. The third-order valence-electron chi connectivity index (χ3n) is 5.28. The Balaban J connectivity index is 2.14. The third-order valence-corrected chi connectivity index (χ3v) is 5.28. The molecule has 11 nitrogen and oxygen atoms in total. The number of H-pyrrole nitrogens is 1. The van der Waals surface area contributed by atoms with E-state index in [4.69, 9.17) is 5.73 Å². The van der Waals surface area contributed by atoms with Crippen molar-refractivity contribution in [3.63, 3.8) is 0 Å². The van der Waals surface area contributed by atoms with Crippen LogP contribution in [0.4, 0.5) is 0 Å². The molecular weight excluding hydrogens is 442 g/mol. The Labute approximate surface area is 197 Å². The van der Waals surface area contributed by atoms with Gasteiger partial charge in [-0.1, -0.05) is 32.0 Å². The maximum absolute atomic E-state index is 13.0. The van der Waals surface area contributed by atoms with Gasteiger partial charge in [0, 0.05) is 23.5 Å². The summed E-state index contributed by atoms with van der Waals surface area (Å²) in [5.74, 6) is -3.32. The molecule has 3 amide bonds. The number of aromatic nitrogens is 1. The number of nitrogens with one attached hydrogen (secondary N) is 4. The standard InChI is InChI=1S/C23H33N5O6/c1-12(2)8-17(26-22(32)19(11-29)28-20(30)13(3)24)21(31)27-18(23(33)34)9-14-10-25-16-7-5-4-6-15(14)16/h4-7,10,12-13,17-19,25,29H,8-9,11,24H2,1-3H3,(H,26,32)(H,27,31)(H,28,30)(H,33,34). The summed E-state index contributed by atoms with van der Waals surface area (Å²) in [7, 11) is 0. The number of aliphatic hydroxyl groups excluding tert-OH is 1. The van der Waals surface area contributed by atoms with Crippen LogP contribution in [0.2, 0.25) is 0 Å². The minimum Gasteiger partial charge on any atom is -0.480 e. The SMILES string of the molecule is CC(C)CC(NC(=O)C(CO)NC(=O)C(C)N)C(=O)NC(Cc1c[nH]c2ccccc12)C(=O)O. The van der Waals surface area contributed by atoms with Crippen LogP contribution >= 0.6 is 0 Å². The fourth-order valence-corrected chi connectivity index (χ4v) is 3.47. The molecule has 0 bridgehead atoms. The Hall–Kier alpha value is -3.44. The van der Waals surface area contributed by atoms with Crippen LogP contribution in [0.5, 0.6) is 0 Å². The highest BCUT2D eigenvalue weighted by Gasteiger charge is 2.30. The van der Waals surface area contributed by atoms with Gasteiger partial charge in [-0.05, 0) is 30.9 Å². The number of carbonyl (C=O) groups is 4. The summed E-state index contributed by atoms with van der Waals surface area (Å²) in [6.07, 6.45) is 1.96. The molecule has 0 aliphatic rings. The second-order valence-electron chi connectivity index (χ2n) is 8.69. The van der Waals surface area contributed by atoms with Crippen LogP contribution in [0.1, 0.15) is 32.8 Å². The Morgan fingerprint density at radius 3 is 2.12 bits per heavy atom. The van der Waals surface area contributed by atoms with Crippen LogP contribution in [0, 0.1) is 5.92 Å². The van der Waals surface area contributed by atoms with Gasteiger partial charge in [-0.15, -0.1) is 0 Å². The number of benzene rings is 1. The van der Waals surface area contributed by atoms with Gasteiger partial charge in [-0.2, -0.15) is 0 Å². The fourth-order valence-electron chi connectivity index (χ4n) is 3.47. The number of carboxylic acids is 1. The number of hydrogen-bond acceptors (Lipinski definition) is 6. The number of amides is 3. The molecule has 34 heavy (non-hydrogen) atoms. The third kappa shape index (κ3) is 7.29. The lowest BCUT2D eigenvalue weighted by Gasteiger charge is -2.25. The van der Waals surface area contributed by atoms with Crippen LogP contribution in [-0.2, 0) is 25.6 Å². The lowest BCUT2D eigenvalue weighted by Crippen LogP contribution is -2.58. The van der Waals surface area contributed by atoms with Crippen molar-refractivity contribution in [2.75, 3.05) is 6.61 Å². The van der Waals surface area contributed by atoms with E-state index >= 15 is 0 Å². The van der Waals surface area contributed by atoms with Gasteiger partial charge in [0.05, 0.1) is 12.6 Å². The van der Waals surface area contributed by atoms with E-state index < -0.39 is 54.5 Å². The highest BCUT2D eigenvalue weighted by molar-refractivity contribution is 5.94. The number of aliphatic carboxylic acids is 1. The predicted molar refractivity (Wildman–Crippen MR) is 126 cm³/mol. The van der Waals surface area contributed by atoms with E-state index in [-0.39, 0.29) is 18.8 Å². The van der Waals surface area contributed by atoms with Gasteiger partial charge in [-0.3, -0.25) is 14.4 Å². The maximum Gasteiger partial charge on any atom is 0.326 e. The summed E-state index contributed by atoms with van der Waals surface area (Å²) in [5.41, 5.74) is 7.06. The molecule has 0 aliphatic carbocycles. The Kier molecular flexibility index (Phi) is 9.58. The maximum atomic E-state index is 13.0. The molecule has 186 valence electrons. The summed E-state index contributed by atoms with van der Waals surface area (Å²) >= 11 is 0. The number of para-hydroxylation sites is 1. The van der Waals surface area contributed by atoms with Crippen LogP contribution in [0.3, 0.4) is 0 Å². The normalized spacial score (nSPS) is 14.8. The average molecular weight is 476 g/mol. The first-order valence-electron chi connectivity index (χ1n) is 11.1. The second-order valence-corrected chi connectivity index (χ2v) is 8.69. The lowest BCUT2D eigenvalue weighted by atomic mass is 10.0. The second kappa shape index (κ2) is 12.1. The zero-order chi connectivity index (χ0) is 25.4. The number of aliphatic hydroxyl groups is 1. The van der Waals surface area contributed by atoms with E-state index in [9.17, 15) is 29.4 Å². The van der Waals surface area contributed by atoms with E-state index in [1.54, 1.807) is 6.20 Å². The zero-order valence-electron chi connectivity index (χ0n) is 19.5. The summed E-state index contributed by atoms with van der Waals surface area (Å²) in [5, 5.41) is 27.4. The van der Waals surface area contributed by atoms with Crippen molar-refractivity contribution in [1.29, 1.82) is 0 Å². The average Bonchev–Trinajstić information content (AvgIpc) is 3.18. The van der Waals surface area contributed by atoms with E-state index in [2.05, 4.69) is 20.9 Å². The molecule has 0 aliphatic heterocycles. The van der Waals surface area contributed by atoms with Crippen LogP contribution in [0.25, 0.3) is 10.9 Å². The topological polar surface area (TPSA) is 187 Å². The van der Waals surface area contributed by atoms with Crippen molar-refractivity contribution >= 4 is 34.6 Å². The van der Waals surface area contributed by atoms with Crippen molar-refractivity contribution in [2.24, 2.45) is 11.7 Å². The van der Waals surface area contributed by atoms with Gasteiger partial charge in [0.25, 0.3) is 0 Å². The number of nitrogens with two attached hydrogens (primary N) is 1. The molecule has 1 aromatic carbocycles. The molecule has 0 spiro atoms. The molecule has 2 aromatic rings. The van der Waals surface area contributed by atoms with Crippen molar-refractivity contribution in [1.82, 2.24) is 20.9 Å². The van der Waals surface area contributed by atoms with Crippen LogP contribution in [-0.4, -0.2) is 69.7 Å². The number of fused-ring (bicyclic) bond motifs is 1. The largest absolute Gasteiger partial charge is 0.480 e. The lowest BCUT2D eigenvalue weighted by molar-refractivity contribution is -0.142. The Bertz CT molecular complexity index is 1020. The van der Waals surface area contributed by atoms with Gasteiger partial charge in [-0.25, -0.2) is 4.79 Å². The number of carboxylic acid groups (broad SMARTS) is 1. The number of carbonyl (C=O) groups excluding carboxylic acids is 3. The highest BCUT2D eigenvalue weighted by Crippen LogP contribution is 2.19. The van der Waals surface area contributed by atoms with Crippen molar-refractivity contribution < 1.29 is 29.4 Å². The first-order chi connectivity index (χ1) is 16.0. The molecule has 1 heterocycles. The quantitative estimate of drug-likeness (QED) is 0.218. The minimum absolute atomic E-state index is 0.0147. The minimum atomic E-state index is -1.30. The first kappa shape index (κ1) is 26.8. The van der Waals surface area contributed by atoms with Crippen LogP contribution in [0.15, 0.2) is 30.5 Å². The van der Waals surface area contributed by atoms with Crippen molar-refractivity contribution in [3.8, 4) is 0 Å². The predicted octanol–water partition coefficient (Wildman–Crippen LogP) is -0.365. The zero-order valence-corrected chi connectivity index (χ0v) is 19.5. The van der Waals surface area contributed by atoms with Gasteiger partial charge >= 0.3 is 5.97 Å². The summed E-state index contributed by atoms with van der Waals surface area (Å²) in [6, 6.07) is 2.92. The molecule has 4 atom stereocenters. The molecular formula is C23H33N5O6. The molecule has 0 saturated heterocycles. The number of hydrogen-bond donors (Lipinski definition) is 7. The van der Waals surface area contributed by atoms with E-state index in [0.717, 1.165) is 16.5 Å². The summed E-state index contributed by atoms with van der Waals surface area (Å²) in [4.78, 5) is 52.4. The molecule has 1 aromatic heterocycles. The van der Waals surface area contributed by atoms with Gasteiger partial charge < -0.3 is 36.9 Å². The Morgan fingerprint density at radius 1 is 0.941 bits per heavy atom. The molecule has 0 fully saturated rings. The van der Waals surface area contributed by atoms with E-state index in [0.29, 0.717) is 0 Å². The van der Waals surface area contributed by atoms with Crippen LogP contribution < -0.4 is 21.7 Å².